The highest BCUT2D eigenvalue weighted by molar-refractivity contribution is 7.89. The molecule has 0 unspecified atom stereocenters. The molecule has 0 aliphatic carbocycles. The molecule has 0 fully saturated rings. The van der Waals surface area contributed by atoms with Crippen molar-refractivity contribution in [2.24, 2.45) is 0 Å². The van der Waals surface area contributed by atoms with Gasteiger partial charge in [0.1, 0.15) is 0 Å². The van der Waals surface area contributed by atoms with Gasteiger partial charge in [0.05, 0.1) is 26.7 Å². The van der Waals surface area contributed by atoms with Crippen LogP contribution in [0.25, 0.3) is 10.2 Å². The van der Waals surface area contributed by atoms with Crippen molar-refractivity contribution in [1.29, 1.82) is 0 Å². The summed E-state index contributed by atoms with van der Waals surface area (Å²) in [6, 6.07) is 12.2. The van der Waals surface area contributed by atoms with Crippen LogP contribution in [0.1, 0.15) is 10.6 Å². The number of likely N-dealkylation sites (N-methyl/N-ethyl adjacent to an activating group) is 1. The number of benzene rings is 2. The normalized spacial score (nSPS) is 11.9. The van der Waals surface area contributed by atoms with E-state index in [9.17, 15) is 13.2 Å². The Morgan fingerprint density at radius 1 is 1.21 bits per heavy atom. The van der Waals surface area contributed by atoms with Crippen LogP contribution in [-0.2, 0) is 21.2 Å². The molecule has 0 radical (unpaired) electrons. The number of aryl methyl sites for hydroxylation is 1. The standard InChI is InChI=1S/C19H20ClN3O3S2/c1-13-22-17-8-7-16(11-18(17)27-13)28(25,26)23(2)12-19(24)21-10-9-14-3-5-15(20)6-4-14/h3-8,11H,9-10,12H2,1-2H3,(H,21,24). The molecule has 9 heteroatoms. The van der Waals surface area contributed by atoms with Crippen molar-refractivity contribution in [2.45, 2.75) is 18.2 Å². The number of hydrogen-bond donors (Lipinski definition) is 1. The van der Waals surface area contributed by atoms with Gasteiger partial charge in [0.25, 0.3) is 0 Å². The van der Waals surface area contributed by atoms with Crippen molar-refractivity contribution >= 4 is 49.1 Å². The van der Waals surface area contributed by atoms with E-state index in [1.54, 1.807) is 24.3 Å². The summed E-state index contributed by atoms with van der Waals surface area (Å²) >= 11 is 7.28. The Morgan fingerprint density at radius 3 is 2.64 bits per heavy atom. The van der Waals surface area contributed by atoms with Crippen molar-refractivity contribution in [3.8, 4) is 0 Å². The van der Waals surface area contributed by atoms with Gasteiger partial charge >= 0.3 is 0 Å². The van der Waals surface area contributed by atoms with Gasteiger partial charge in [-0.1, -0.05) is 23.7 Å². The van der Waals surface area contributed by atoms with Crippen molar-refractivity contribution in [2.75, 3.05) is 20.1 Å². The van der Waals surface area contributed by atoms with E-state index < -0.39 is 10.0 Å². The Morgan fingerprint density at radius 2 is 1.93 bits per heavy atom. The molecule has 3 aromatic rings. The van der Waals surface area contributed by atoms with Crippen molar-refractivity contribution in [3.05, 3.63) is 58.1 Å². The van der Waals surface area contributed by atoms with Crippen molar-refractivity contribution in [1.82, 2.24) is 14.6 Å². The van der Waals surface area contributed by atoms with Gasteiger partial charge < -0.3 is 5.32 Å². The summed E-state index contributed by atoms with van der Waals surface area (Å²) in [6.07, 6.45) is 0.640. The Hall–Kier alpha value is -2.00. The smallest absolute Gasteiger partial charge is 0.243 e. The van der Waals surface area contributed by atoms with Crippen LogP contribution in [0.3, 0.4) is 0 Å². The number of fused-ring (bicyclic) bond motifs is 1. The number of carbonyl (C=O) groups is 1. The fourth-order valence-electron chi connectivity index (χ4n) is 2.70. The number of halogens is 1. The number of thiazole rings is 1. The summed E-state index contributed by atoms with van der Waals surface area (Å²) in [7, 11) is -2.36. The molecule has 6 nitrogen and oxygen atoms in total. The van der Waals surface area contributed by atoms with Gasteiger partial charge in [0, 0.05) is 18.6 Å². The monoisotopic (exact) mass is 437 g/mol. The fraction of sp³-hybridized carbons (Fsp3) is 0.263. The Bertz CT molecular complexity index is 1100. The molecule has 1 N–H and O–H groups in total. The van der Waals surface area contributed by atoms with E-state index in [1.165, 1.54) is 24.5 Å². The van der Waals surface area contributed by atoms with Gasteiger partial charge in [-0.3, -0.25) is 4.79 Å². The number of nitrogens with one attached hydrogen (secondary N) is 1. The Kier molecular flexibility index (Phi) is 6.34. The van der Waals surface area contributed by atoms with Crippen LogP contribution in [0.4, 0.5) is 0 Å². The first-order valence-electron chi connectivity index (χ1n) is 8.60. The molecule has 2 aromatic carbocycles. The largest absolute Gasteiger partial charge is 0.355 e. The maximum absolute atomic E-state index is 12.8. The van der Waals surface area contributed by atoms with Crippen LogP contribution >= 0.6 is 22.9 Å². The second-order valence-corrected chi connectivity index (χ2v) is 10.1. The van der Waals surface area contributed by atoms with E-state index in [2.05, 4.69) is 10.3 Å². The number of amides is 1. The van der Waals surface area contributed by atoms with Gasteiger partial charge in [-0.25, -0.2) is 13.4 Å². The van der Waals surface area contributed by atoms with E-state index >= 15 is 0 Å². The molecule has 148 valence electrons. The molecule has 1 amide bonds. The van der Waals surface area contributed by atoms with E-state index in [0.29, 0.717) is 18.0 Å². The number of carbonyl (C=O) groups excluding carboxylic acids is 1. The average molecular weight is 438 g/mol. The zero-order valence-corrected chi connectivity index (χ0v) is 17.9. The highest BCUT2D eigenvalue weighted by Crippen LogP contribution is 2.25. The first-order valence-corrected chi connectivity index (χ1v) is 11.2. The van der Waals surface area contributed by atoms with Crippen LogP contribution in [0.15, 0.2) is 47.4 Å². The van der Waals surface area contributed by atoms with E-state index in [1.807, 2.05) is 19.1 Å². The maximum Gasteiger partial charge on any atom is 0.243 e. The molecule has 0 aliphatic heterocycles. The van der Waals surface area contributed by atoms with Gasteiger partial charge in [0.2, 0.25) is 15.9 Å². The highest BCUT2D eigenvalue weighted by Gasteiger charge is 2.23. The zero-order valence-electron chi connectivity index (χ0n) is 15.5. The lowest BCUT2D eigenvalue weighted by atomic mass is 10.1. The Balaban J connectivity index is 1.59. The summed E-state index contributed by atoms with van der Waals surface area (Å²) in [4.78, 5) is 16.6. The van der Waals surface area contributed by atoms with E-state index in [4.69, 9.17) is 11.6 Å². The predicted molar refractivity (Wildman–Crippen MR) is 112 cm³/mol. The van der Waals surface area contributed by atoms with Crippen LogP contribution in [0, 0.1) is 6.92 Å². The second kappa shape index (κ2) is 8.57. The predicted octanol–water partition coefficient (Wildman–Crippen LogP) is 3.24. The third kappa shape index (κ3) is 4.88. The van der Waals surface area contributed by atoms with E-state index in [-0.39, 0.29) is 17.3 Å². The minimum atomic E-state index is -3.76. The number of rotatable bonds is 7. The van der Waals surface area contributed by atoms with Crippen LogP contribution in [0.2, 0.25) is 5.02 Å². The molecule has 28 heavy (non-hydrogen) atoms. The third-order valence-electron chi connectivity index (χ3n) is 4.19. The fourth-order valence-corrected chi connectivity index (χ4v) is 4.92. The lowest BCUT2D eigenvalue weighted by Crippen LogP contribution is -2.39. The van der Waals surface area contributed by atoms with Crippen LogP contribution in [0.5, 0.6) is 0 Å². The molecule has 1 aromatic heterocycles. The topological polar surface area (TPSA) is 79.4 Å². The molecule has 0 saturated carbocycles. The molecule has 0 bridgehead atoms. The third-order valence-corrected chi connectivity index (χ3v) is 7.18. The van der Waals surface area contributed by atoms with Gasteiger partial charge in [-0.2, -0.15) is 4.31 Å². The molecular formula is C19H20ClN3O3S2. The first kappa shape index (κ1) is 20.7. The second-order valence-electron chi connectivity index (χ2n) is 6.35. The Labute approximate surface area is 173 Å². The molecule has 0 saturated heterocycles. The SMILES string of the molecule is Cc1nc2ccc(S(=O)(=O)N(C)CC(=O)NCCc3ccc(Cl)cc3)cc2s1. The van der Waals surface area contributed by atoms with Crippen molar-refractivity contribution in [3.63, 3.8) is 0 Å². The zero-order chi connectivity index (χ0) is 20.3. The van der Waals surface area contributed by atoms with Crippen LogP contribution in [-0.4, -0.2) is 43.8 Å². The summed E-state index contributed by atoms with van der Waals surface area (Å²) in [5.41, 5.74) is 1.81. The number of hydrogen-bond acceptors (Lipinski definition) is 5. The minimum absolute atomic E-state index is 0.153. The molecule has 0 aliphatic rings. The lowest BCUT2D eigenvalue weighted by molar-refractivity contribution is -0.121. The van der Waals surface area contributed by atoms with Crippen molar-refractivity contribution < 1.29 is 13.2 Å². The molecule has 0 atom stereocenters. The highest BCUT2D eigenvalue weighted by atomic mass is 35.5. The van der Waals surface area contributed by atoms with Crippen LogP contribution < -0.4 is 5.32 Å². The number of sulfonamides is 1. The summed E-state index contributed by atoms with van der Waals surface area (Å²) in [6.45, 7) is 2.04. The maximum atomic E-state index is 12.8. The number of nitrogens with zero attached hydrogens (tertiary/aromatic N) is 2. The summed E-state index contributed by atoms with van der Waals surface area (Å²) in [5, 5.41) is 4.28. The number of aromatic nitrogens is 1. The lowest BCUT2D eigenvalue weighted by Gasteiger charge is -2.17. The van der Waals surface area contributed by atoms with Gasteiger partial charge in [-0.05, 0) is 49.2 Å². The quantitative estimate of drug-likeness (QED) is 0.615. The minimum Gasteiger partial charge on any atom is -0.355 e. The van der Waals surface area contributed by atoms with Gasteiger partial charge in [-0.15, -0.1) is 11.3 Å². The molecular weight excluding hydrogens is 418 g/mol. The van der Waals surface area contributed by atoms with Gasteiger partial charge in [0.15, 0.2) is 0 Å². The molecule has 1 heterocycles. The summed E-state index contributed by atoms with van der Waals surface area (Å²) in [5.74, 6) is -0.352. The molecule has 3 rings (SSSR count). The first-order chi connectivity index (χ1) is 13.3. The van der Waals surface area contributed by atoms with E-state index in [0.717, 1.165) is 25.1 Å². The average Bonchev–Trinajstić information content (AvgIpc) is 3.02. The summed E-state index contributed by atoms with van der Waals surface area (Å²) < 4.78 is 27.4. The molecule has 0 spiro atoms.